The zero-order valence-electron chi connectivity index (χ0n) is 13.2. The van der Waals surface area contributed by atoms with Crippen molar-refractivity contribution in [3.63, 3.8) is 0 Å². The number of hydrogen-bond donors (Lipinski definition) is 1. The van der Waals surface area contributed by atoms with Gasteiger partial charge in [0.2, 0.25) is 11.0 Å². The minimum absolute atomic E-state index is 0.297. The van der Waals surface area contributed by atoms with E-state index >= 15 is 0 Å². The Labute approximate surface area is 140 Å². The summed E-state index contributed by atoms with van der Waals surface area (Å²) < 4.78 is 4.34. The SMILES string of the molecule is CCc1nsc(N2CCN([C@H](C(N)=O)c3ccccc3)CC2)n1. The molecule has 1 amide bonds. The molecule has 0 aliphatic carbocycles. The van der Waals surface area contributed by atoms with Gasteiger partial charge >= 0.3 is 0 Å². The molecule has 1 aromatic carbocycles. The third kappa shape index (κ3) is 3.51. The van der Waals surface area contributed by atoms with Crippen molar-refractivity contribution < 1.29 is 4.79 Å². The van der Waals surface area contributed by atoms with Crippen molar-refractivity contribution in [2.24, 2.45) is 5.73 Å². The Morgan fingerprint density at radius 2 is 1.96 bits per heavy atom. The smallest absolute Gasteiger partial charge is 0.239 e. The first-order chi connectivity index (χ1) is 11.2. The summed E-state index contributed by atoms with van der Waals surface area (Å²) >= 11 is 1.45. The lowest BCUT2D eigenvalue weighted by molar-refractivity contribution is -0.123. The Kier molecular flexibility index (Phi) is 4.88. The number of piperazine rings is 1. The molecule has 23 heavy (non-hydrogen) atoms. The maximum Gasteiger partial charge on any atom is 0.239 e. The molecule has 6 nitrogen and oxygen atoms in total. The normalized spacial score (nSPS) is 17.2. The van der Waals surface area contributed by atoms with Crippen LogP contribution in [0.15, 0.2) is 30.3 Å². The molecule has 2 N–H and O–H groups in total. The van der Waals surface area contributed by atoms with Crippen LogP contribution in [-0.4, -0.2) is 46.3 Å². The number of benzene rings is 1. The van der Waals surface area contributed by atoms with Gasteiger partial charge in [-0.2, -0.15) is 4.37 Å². The van der Waals surface area contributed by atoms with E-state index < -0.39 is 0 Å². The van der Waals surface area contributed by atoms with Crippen LogP contribution in [0.1, 0.15) is 24.4 Å². The van der Waals surface area contributed by atoms with Gasteiger partial charge in [-0.3, -0.25) is 9.69 Å². The van der Waals surface area contributed by atoms with E-state index in [2.05, 4.69) is 26.1 Å². The molecule has 3 rings (SSSR count). The number of hydrogen-bond acceptors (Lipinski definition) is 6. The molecule has 2 heterocycles. The minimum atomic E-state index is -0.362. The van der Waals surface area contributed by atoms with Crippen LogP contribution in [0.2, 0.25) is 0 Å². The van der Waals surface area contributed by atoms with E-state index in [1.54, 1.807) is 0 Å². The molecule has 1 aliphatic heterocycles. The average Bonchev–Trinajstić information content (AvgIpc) is 3.05. The van der Waals surface area contributed by atoms with Gasteiger partial charge in [0.25, 0.3) is 0 Å². The second-order valence-corrected chi connectivity index (χ2v) is 6.32. The van der Waals surface area contributed by atoms with Crippen LogP contribution in [0.4, 0.5) is 5.13 Å². The Bertz CT molecular complexity index is 652. The second kappa shape index (κ2) is 7.06. The molecule has 1 aliphatic rings. The second-order valence-electron chi connectivity index (χ2n) is 5.59. The molecule has 1 saturated heterocycles. The molecule has 0 spiro atoms. The van der Waals surface area contributed by atoms with Crippen molar-refractivity contribution in [1.29, 1.82) is 0 Å². The van der Waals surface area contributed by atoms with Crippen LogP contribution in [0.5, 0.6) is 0 Å². The van der Waals surface area contributed by atoms with Crippen LogP contribution in [-0.2, 0) is 11.2 Å². The van der Waals surface area contributed by atoms with E-state index in [9.17, 15) is 4.79 Å². The van der Waals surface area contributed by atoms with Crippen molar-refractivity contribution in [3.8, 4) is 0 Å². The first-order valence-corrected chi connectivity index (χ1v) is 8.62. The highest BCUT2D eigenvalue weighted by Crippen LogP contribution is 2.25. The van der Waals surface area contributed by atoms with Crippen molar-refractivity contribution >= 4 is 22.6 Å². The van der Waals surface area contributed by atoms with Crippen molar-refractivity contribution in [2.45, 2.75) is 19.4 Å². The fraction of sp³-hybridized carbons (Fsp3) is 0.438. The predicted octanol–water partition coefficient (Wildman–Crippen LogP) is 1.45. The molecule has 1 atom stereocenters. The van der Waals surface area contributed by atoms with Gasteiger partial charge in [0.1, 0.15) is 11.9 Å². The van der Waals surface area contributed by atoms with E-state index in [-0.39, 0.29) is 11.9 Å². The average molecular weight is 331 g/mol. The van der Waals surface area contributed by atoms with Gasteiger partial charge in [-0.1, -0.05) is 37.3 Å². The molecule has 122 valence electrons. The lowest BCUT2D eigenvalue weighted by Gasteiger charge is -2.38. The summed E-state index contributed by atoms with van der Waals surface area (Å²) in [5, 5.41) is 0.969. The number of aromatic nitrogens is 2. The number of anilines is 1. The minimum Gasteiger partial charge on any atom is -0.368 e. The summed E-state index contributed by atoms with van der Waals surface area (Å²) in [4.78, 5) is 20.9. The molecule has 0 radical (unpaired) electrons. The number of aryl methyl sites for hydroxylation is 1. The number of primary amides is 1. The molecule has 0 saturated carbocycles. The van der Waals surface area contributed by atoms with Crippen molar-refractivity contribution in [2.75, 3.05) is 31.1 Å². The predicted molar refractivity (Wildman–Crippen MR) is 91.5 cm³/mol. The molecule has 0 bridgehead atoms. The summed E-state index contributed by atoms with van der Waals surface area (Å²) in [6, 6.07) is 9.38. The van der Waals surface area contributed by atoms with Crippen molar-refractivity contribution in [1.82, 2.24) is 14.3 Å². The van der Waals surface area contributed by atoms with Gasteiger partial charge < -0.3 is 10.6 Å². The molecule has 0 unspecified atom stereocenters. The molecule has 7 heteroatoms. The highest BCUT2D eigenvalue weighted by molar-refractivity contribution is 7.09. The largest absolute Gasteiger partial charge is 0.368 e. The van der Waals surface area contributed by atoms with Gasteiger partial charge in [0.05, 0.1) is 0 Å². The molecular weight excluding hydrogens is 310 g/mol. The standard InChI is InChI=1S/C16H21N5OS/c1-2-13-18-16(23-19-13)21-10-8-20(9-11-21)14(15(17)22)12-6-4-3-5-7-12/h3-7,14H,2,8-11H2,1H3,(H2,17,22)/t14-/m0/s1. The van der Waals surface area contributed by atoms with E-state index in [4.69, 9.17) is 5.73 Å². The van der Waals surface area contributed by atoms with Gasteiger partial charge in [0, 0.05) is 44.1 Å². The Morgan fingerprint density at radius 3 is 2.52 bits per heavy atom. The van der Waals surface area contributed by atoms with Gasteiger partial charge in [0.15, 0.2) is 0 Å². The van der Waals surface area contributed by atoms with Crippen LogP contribution in [0.3, 0.4) is 0 Å². The fourth-order valence-corrected chi connectivity index (χ4v) is 3.68. The lowest BCUT2D eigenvalue weighted by atomic mass is 10.0. The van der Waals surface area contributed by atoms with E-state index in [0.29, 0.717) is 0 Å². The van der Waals surface area contributed by atoms with Crippen molar-refractivity contribution in [3.05, 3.63) is 41.7 Å². The summed E-state index contributed by atoms with van der Waals surface area (Å²) in [5.74, 6) is 0.598. The van der Waals surface area contributed by atoms with Crippen LogP contribution in [0.25, 0.3) is 0 Å². The highest BCUT2D eigenvalue weighted by Gasteiger charge is 2.29. The topological polar surface area (TPSA) is 75.3 Å². The summed E-state index contributed by atoms with van der Waals surface area (Å²) in [5.41, 5.74) is 6.61. The number of carbonyl (C=O) groups excluding carboxylic acids is 1. The van der Waals surface area contributed by atoms with Gasteiger partial charge in [-0.05, 0) is 5.56 Å². The Balaban J connectivity index is 1.68. The van der Waals surface area contributed by atoms with E-state index in [0.717, 1.165) is 49.1 Å². The summed E-state index contributed by atoms with van der Waals surface area (Å²) in [7, 11) is 0. The third-order valence-electron chi connectivity index (χ3n) is 4.11. The number of nitrogens with two attached hydrogens (primary N) is 1. The van der Waals surface area contributed by atoms with Gasteiger partial charge in [-0.25, -0.2) is 4.98 Å². The molecule has 2 aromatic rings. The summed E-state index contributed by atoms with van der Waals surface area (Å²) in [6.07, 6.45) is 0.855. The van der Waals surface area contributed by atoms with E-state index in [1.165, 1.54) is 11.5 Å². The quantitative estimate of drug-likeness (QED) is 0.897. The fourth-order valence-electron chi connectivity index (χ4n) is 2.88. The number of amides is 1. The zero-order chi connectivity index (χ0) is 16.2. The molecule has 1 aromatic heterocycles. The number of rotatable bonds is 5. The summed E-state index contributed by atoms with van der Waals surface area (Å²) in [6.45, 7) is 5.28. The molecule has 1 fully saturated rings. The maximum atomic E-state index is 11.9. The first kappa shape index (κ1) is 15.9. The van der Waals surface area contributed by atoms with Crippen LogP contribution in [0, 0.1) is 0 Å². The lowest BCUT2D eigenvalue weighted by Crippen LogP contribution is -2.50. The number of carbonyl (C=O) groups is 1. The van der Waals surface area contributed by atoms with E-state index in [1.807, 2.05) is 30.3 Å². The highest BCUT2D eigenvalue weighted by atomic mass is 32.1. The van der Waals surface area contributed by atoms with Crippen LogP contribution >= 0.6 is 11.5 Å². The first-order valence-electron chi connectivity index (χ1n) is 7.85. The maximum absolute atomic E-state index is 11.9. The Hall–Kier alpha value is -1.99. The number of nitrogens with zero attached hydrogens (tertiary/aromatic N) is 4. The third-order valence-corrected chi connectivity index (χ3v) is 4.92. The zero-order valence-corrected chi connectivity index (χ0v) is 14.0. The molecular formula is C16H21N5OS. The van der Waals surface area contributed by atoms with Crippen LogP contribution < -0.4 is 10.6 Å². The van der Waals surface area contributed by atoms with Gasteiger partial charge in [-0.15, -0.1) is 0 Å². The Morgan fingerprint density at radius 1 is 1.26 bits per heavy atom. The monoisotopic (exact) mass is 331 g/mol.